The van der Waals surface area contributed by atoms with Gasteiger partial charge in [0.15, 0.2) is 0 Å². The Morgan fingerprint density at radius 3 is 2.67 bits per heavy atom. The van der Waals surface area contributed by atoms with Crippen LogP contribution in [0, 0.1) is 5.92 Å². The van der Waals surface area contributed by atoms with Crippen molar-refractivity contribution in [3.05, 3.63) is 23.2 Å². The zero-order chi connectivity index (χ0) is 17.3. The average molecular weight is 348 g/mol. The first-order chi connectivity index (χ1) is 11.5. The minimum Gasteiger partial charge on any atom is -0.467 e. The highest BCUT2D eigenvalue weighted by Crippen LogP contribution is 2.36. The fourth-order valence-electron chi connectivity index (χ4n) is 3.52. The van der Waals surface area contributed by atoms with Crippen LogP contribution >= 0.6 is 11.3 Å². The second kappa shape index (κ2) is 6.97. The van der Waals surface area contributed by atoms with Crippen LogP contribution in [-0.4, -0.2) is 29.6 Å². The highest BCUT2D eigenvalue weighted by atomic mass is 32.1. The fourth-order valence-corrected chi connectivity index (χ4v) is 4.33. The number of carbonyl (C=O) groups is 2. The summed E-state index contributed by atoms with van der Waals surface area (Å²) in [7, 11) is 1.35. The quantitative estimate of drug-likeness (QED) is 0.837. The maximum atomic E-state index is 12.9. The third-order valence-electron chi connectivity index (χ3n) is 4.79. The number of fused-ring (bicyclic) bond motifs is 1. The summed E-state index contributed by atoms with van der Waals surface area (Å²) in [6, 6.07) is 3.76. The molecular weight excluding hydrogens is 324 g/mol. The lowest BCUT2D eigenvalue weighted by molar-refractivity contribution is -0.144. The molecule has 1 saturated carbocycles. The maximum Gasteiger partial charge on any atom is 0.328 e. The second-order valence-corrected chi connectivity index (χ2v) is 7.67. The van der Waals surface area contributed by atoms with Crippen molar-refractivity contribution >= 4 is 33.4 Å². The molecule has 1 amide bonds. The average Bonchev–Trinajstić information content (AvgIpc) is 3.26. The summed E-state index contributed by atoms with van der Waals surface area (Å²) in [6.07, 6.45) is 4.60. The Balaban J connectivity index is 1.93. The van der Waals surface area contributed by atoms with Crippen molar-refractivity contribution < 1.29 is 14.3 Å². The molecule has 5 nitrogen and oxygen atoms in total. The van der Waals surface area contributed by atoms with Gasteiger partial charge in [-0.05, 0) is 36.3 Å². The molecular formula is C18H24N2O3S. The molecule has 0 saturated heterocycles. The molecule has 3 rings (SSSR count). The Labute approximate surface area is 146 Å². The third kappa shape index (κ3) is 3.07. The molecule has 0 aliphatic heterocycles. The summed E-state index contributed by atoms with van der Waals surface area (Å²) in [5.74, 6) is -0.633. The molecule has 24 heavy (non-hydrogen) atoms. The SMILES string of the molecule is COC(=O)C(NC(=O)c1cc2sccc2n1C1CCCC1)C(C)C. The zero-order valence-electron chi connectivity index (χ0n) is 14.4. The summed E-state index contributed by atoms with van der Waals surface area (Å²) in [6.45, 7) is 3.80. The number of thiophene rings is 1. The smallest absolute Gasteiger partial charge is 0.328 e. The number of nitrogens with one attached hydrogen (secondary N) is 1. The summed E-state index contributed by atoms with van der Waals surface area (Å²) in [5, 5.41) is 4.93. The first kappa shape index (κ1) is 17.0. The molecule has 0 aromatic carbocycles. The number of rotatable bonds is 5. The largest absolute Gasteiger partial charge is 0.467 e. The Bertz CT molecular complexity index is 741. The molecule has 130 valence electrons. The number of hydrogen-bond donors (Lipinski definition) is 1. The van der Waals surface area contributed by atoms with Gasteiger partial charge in [0.1, 0.15) is 11.7 Å². The van der Waals surface area contributed by atoms with Crippen molar-refractivity contribution in [3.8, 4) is 0 Å². The zero-order valence-corrected chi connectivity index (χ0v) is 15.2. The van der Waals surface area contributed by atoms with E-state index in [1.807, 2.05) is 19.9 Å². The lowest BCUT2D eigenvalue weighted by Gasteiger charge is -2.22. The molecule has 1 aliphatic carbocycles. The molecule has 1 N–H and O–H groups in total. The molecule has 2 aromatic heterocycles. The van der Waals surface area contributed by atoms with Crippen molar-refractivity contribution in [2.45, 2.75) is 51.6 Å². The number of hydrogen-bond acceptors (Lipinski definition) is 4. The highest BCUT2D eigenvalue weighted by molar-refractivity contribution is 7.17. The number of ether oxygens (including phenoxy) is 1. The van der Waals surface area contributed by atoms with Crippen LogP contribution in [0.2, 0.25) is 0 Å². The number of methoxy groups -OCH3 is 1. The van der Waals surface area contributed by atoms with E-state index in [0.717, 1.165) is 23.1 Å². The third-order valence-corrected chi connectivity index (χ3v) is 5.64. The van der Waals surface area contributed by atoms with Crippen LogP contribution in [0.4, 0.5) is 0 Å². The molecule has 1 atom stereocenters. The van der Waals surface area contributed by atoms with E-state index >= 15 is 0 Å². The number of carbonyl (C=O) groups excluding carboxylic acids is 2. The van der Waals surface area contributed by atoms with Crippen LogP contribution in [0.25, 0.3) is 10.2 Å². The molecule has 0 radical (unpaired) electrons. The highest BCUT2D eigenvalue weighted by Gasteiger charge is 2.29. The number of amides is 1. The number of nitrogens with zero attached hydrogens (tertiary/aromatic N) is 1. The van der Waals surface area contributed by atoms with Crippen LogP contribution in [-0.2, 0) is 9.53 Å². The topological polar surface area (TPSA) is 60.3 Å². The fraction of sp³-hybridized carbons (Fsp3) is 0.556. The summed E-state index contributed by atoms with van der Waals surface area (Å²) in [5.41, 5.74) is 1.77. The van der Waals surface area contributed by atoms with Gasteiger partial charge in [0, 0.05) is 6.04 Å². The molecule has 6 heteroatoms. The van der Waals surface area contributed by atoms with Crippen molar-refractivity contribution in [3.63, 3.8) is 0 Å². The van der Waals surface area contributed by atoms with Gasteiger partial charge in [-0.1, -0.05) is 26.7 Å². The molecule has 1 fully saturated rings. The Morgan fingerprint density at radius 2 is 2.04 bits per heavy atom. The summed E-state index contributed by atoms with van der Waals surface area (Å²) < 4.78 is 8.11. The van der Waals surface area contributed by atoms with E-state index in [9.17, 15) is 9.59 Å². The lowest BCUT2D eigenvalue weighted by Crippen LogP contribution is -2.45. The van der Waals surface area contributed by atoms with Crippen molar-refractivity contribution in [2.75, 3.05) is 7.11 Å². The van der Waals surface area contributed by atoms with Crippen LogP contribution < -0.4 is 5.32 Å². The van der Waals surface area contributed by atoms with Gasteiger partial charge >= 0.3 is 5.97 Å². The van der Waals surface area contributed by atoms with Crippen LogP contribution in [0.1, 0.15) is 56.1 Å². The Hall–Kier alpha value is -1.82. The van der Waals surface area contributed by atoms with Crippen LogP contribution in [0.3, 0.4) is 0 Å². The van der Waals surface area contributed by atoms with Crippen LogP contribution in [0.15, 0.2) is 17.5 Å². The standard InChI is InChI=1S/C18H24N2O3S/c1-11(2)16(18(22)23-3)19-17(21)14-10-15-13(8-9-24-15)20(14)12-6-4-5-7-12/h8-12,16H,4-7H2,1-3H3,(H,19,21). The van der Waals surface area contributed by atoms with E-state index in [1.165, 1.54) is 20.0 Å². The first-order valence-corrected chi connectivity index (χ1v) is 9.38. The number of aromatic nitrogens is 1. The van der Waals surface area contributed by atoms with E-state index < -0.39 is 12.0 Å². The van der Waals surface area contributed by atoms with Crippen molar-refractivity contribution in [1.82, 2.24) is 9.88 Å². The predicted molar refractivity (Wildman–Crippen MR) is 95.4 cm³/mol. The van der Waals surface area contributed by atoms with Gasteiger partial charge in [-0.25, -0.2) is 4.79 Å². The lowest BCUT2D eigenvalue weighted by atomic mass is 10.0. The number of esters is 1. The van der Waals surface area contributed by atoms with Crippen LogP contribution in [0.5, 0.6) is 0 Å². The van der Waals surface area contributed by atoms with Gasteiger partial charge < -0.3 is 14.6 Å². The van der Waals surface area contributed by atoms with E-state index in [1.54, 1.807) is 11.3 Å². The molecule has 1 unspecified atom stereocenters. The second-order valence-electron chi connectivity index (χ2n) is 6.73. The summed E-state index contributed by atoms with van der Waals surface area (Å²) >= 11 is 1.64. The van der Waals surface area contributed by atoms with Crippen molar-refractivity contribution in [1.29, 1.82) is 0 Å². The minimum absolute atomic E-state index is 0.0302. The molecule has 1 aliphatic rings. The van der Waals surface area contributed by atoms with Gasteiger partial charge in [-0.15, -0.1) is 11.3 Å². The van der Waals surface area contributed by atoms with E-state index in [2.05, 4.69) is 21.3 Å². The molecule has 2 aromatic rings. The van der Waals surface area contributed by atoms with Gasteiger partial charge in [-0.2, -0.15) is 0 Å². The van der Waals surface area contributed by atoms with Gasteiger partial charge in [-0.3, -0.25) is 4.79 Å². The van der Waals surface area contributed by atoms with E-state index in [4.69, 9.17) is 4.74 Å². The first-order valence-electron chi connectivity index (χ1n) is 8.50. The monoisotopic (exact) mass is 348 g/mol. The maximum absolute atomic E-state index is 12.9. The minimum atomic E-state index is -0.632. The molecule has 0 spiro atoms. The van der Waals surface area contributed by atoms with Crippen molar-refractivity contribution in [2.24, 2.45) is 5.92 Å². The Morgan fingerprint density at radius 1 is 1.33 bits per heavy atom. The predicted octanol–water partition coefficient (Wildman–Crippen LogP) is 3.75. The Kier molecular flexibility index (Phi) is 4.94. The normalized spacial score (nSPS) is 16.7. The van der Waals surface area contributed by atoms with Gasteiger partial charge in [0.2, 0.25) is 0 Å². The molecule has 0 bridgehead atoms. The van der Waals surface area contributed by atoms with E-state index in [0.29, 0.717) is 11.7 Å². The van der Waals surface area contributed by atoms with Gasteiger partial charge in [0.25, 0.3) is 5.91 Å². The van der Waals surface area contributed by atoms with E-state index in [-0.39, 0.29) is 11.8 Å². The molecule has 2 heterocycles. The summed E-state index contributed by atoms with van der Waals surface area (Å²) in [4.78, 5) is 24.8. The van der Waals surface area contributed by atoms with Gasteiger partial charge in [0.05, 0.1) is 17.3 Å².